The number of hydrogen-bond donors (Lipinski definition) is 0. The van der Waals surface area contributed by atoms with Crippen LogP contribution in [0.25, 0.3) is 21.9 Å². The molecule has 0 fully saturated rings. The first-order valence-corrected chi connectivity index (χ1v) is 7.34. The molecule has 3 aromatic carbocycles. The van der Waals surface area contributed by atoms with Crippen LogP contribution in [0.15, 0.2) is 71.1 Å². The second kappa shape index (κ2) is 5.19. The summed E-state index contributed by atoms with van der Waals surface area (Å²) in [6.07, 6.45) is 0. The van der Waals surface area contributed by atoms with Crippen molar-refractivity contribution in [2.75, 3.05) is 11.9 Å². The SMILES string of the molecule is CN(Cc1nc2ccccc2o1)c1ccc2ccccc2c1. The topological polar surface area (TPSA) is 29.3 Å². The van der Waals surface area contributed by atoms with Gasteiger partial charge in [0.25, 0.3) is 0 Å². The van der Waals surface area contributed by atoms with Crippen molar-refractivity contribution in [3.05, 3.63) is 72.6 Å². The first-order chi connectivity index (χ1) is 10.8. The fourth-order valence-electron chi connectivity index (χ4n) is 2.70. The van der Waals surface area contributed by atoms with E-state index in [1.54, 1.807) is 0 Å². The molecular formula is C19H16N2O. The lowest BCUT2D eigenvalue weighted by atomic mass is 10.1. The molecule has 22 heavy (non-hydrogen) atoms. The Bertz CT molecular complexity index is 909. The van der Waals surface area contributed by atoms with Crippen molar-refractivity contribution in [1.82, 2.24) is 4.98 Å². The monoisotopic (exact) mass is 288 g/mol. The van der Waals surface area contributed by atoms with Crippen LogP contribution in [-0.2, 0) is 6.54 Å². The molecule has 0 spiro atoms. The maximum atomic E-state index is 5.79. The van der Waals surface area contributed by atoms with E-state index in [0.29, 0.717) is 6.54 Å². The van der Waals surface area contributed by atoms with E-state index >= 15 is 0 Å². The van der Waals surface area contributed by atoms with Gasteiger partial charge in [-0.1, -0.05) is 42.5 Å². The van der Waals surface area contributed by atoms with Crippen molar-refractivity contribution >= 4 is 27.6 Å². The molecule has 0 unspecified atom stereocenters. The summed E-state index contributed by atoms with van der Waals surface area (Å²) in [7, 11) is 2.05. The molecule has 0 radical (unpaired) electrons. The van der Waals surface area contributed by atoms with Gasteiger partial charge in [-0.25, -0.2) is 4.98 Å². The van der Waals surface area contributed by atoms with Crippen LogP contribution >= 0.6 is 0 Å². The van der Waals surface area contributed by atoms with Crippen LogP contribution in [0.4, 0.5) is 5.69 Å². The summed E-state index contributed by atoms with van der Waals surface area (Å²) in [4.78, 5) is 6.68. The van der Waals surface area contributed by atoms with Gasteiger partial charge in [0.05, 0.1) is 6.54 Å². The number of aromatic nitrogens is 1. The van der Waals surface area contributed by atoms with Gasteiger partial charge in [-0.2, -0.15) is 0 Å². The van der Waals surface area contributed by atoms with Gasteiger partial charge in [-0.3, -0.25) is 0 Å². The smallest absolute Gasteiger partial charge is 0.215 e. The lowest BCUT2D eigenvalue weighted by Crippen LogP contribution is -2.16. The lowest BCUT2D eigenvalue weighted by molar-refractivity contribution is 0.527. The van der Waals surface area contributed by atoms with Crippen LogP contribution in [0.2, 0.25) is 0 Å². The number of para-hydroxylation sites is 2. The van der Waals surface area contributed by atoms with Crippen molar-refractivity contribution in [2.45, 2.75) is 6.54 Å². The number of anilines is 1. The number of rotatable bonds is 3. The van der Waals surface area contributed by atoms with Gasteiger partial charge in [0.1, 0.15) is 5.52 Å². The molecule has 1 aromatic heterocycles. The summed E-state index contributed by atoms with van der Waals surface area (Å²) < 4.78 is 5.79. The highest BCUT2D eigenvalue weighted by molar-refractivity contribution is 5.85. The summed E-state index contributed by atoms with van der Waals surface area (Å²) in [6.45, 7) is 0.646. The van der Waals surface area contributed by atoms with Crippen molar-refractivity contribution < 1.29 is 4.42 Å². The van der Waals surface area contributed by atoms with Gasteiger partial charge in [0.2, 0.25) is 5.89 Å². The second-order valence-corrected chi connectivity index (χ2v) is 5.46. The molecule has 0 atom stereocenters. The maximum absolute atomic E-state index is 5.79. The Balaban J connectivity index is 1.63. The summed E-state index contributed by atoms with van der Waals surface area (Å²) in [6, 6.07) is 22.7. The largest absolute Gasteiger partial charge is 0.439 e. The highest BCUT2D eigenvalue weighted by Crippen LogP contribution is 2.23. The minimum atomic E-state index is 0.646. The minimum absolute atomic E-state index is 0.646. The van der Waals surface area contributed by atoms with Crippen LogP contribution in [0.1, 0.15) is 5.89 Å². The minimum Gasteiger partial charge on any atom is -0.439 e. The van der Waals surface area contributed by atoms with Gasteiger partial charge in [-0.15, -0.1) is 0 Å². The first-order valence-electron chi connectivity index (χ1n) is 7.34. The molecule has 1 heterocycles. The van der Waals surface area contributed by atoms with Crippen molar-refractivity contribution in [1.29, 1.82) is 0 Å². The Labute approximate surface area is 128 Å². The number of oxazole rings is 1. The fraction of sp³-hybridized carbons (Fsp3) is 0.105. The molecule has 0 aliphatic carbocycles. The molecule has 0 aliphatic heterocycles. The Hall–Kier alpha value is -2.81. The molecule has 0 bridgehead atoms. The van der Waals surface area contributed by atoms with Gasteiger partial charge < -0.3 is 9.32 Å². The van der Waals surface area contributed by atoms with E-state index in [2.05, 4.69) is 59.4 Å². The zero-order chi connectivity index (χ0) is 14.9. The molecule has 4 aromatic rings. The Kier molecular flexibility index (Phi) is 3.04. The molecule has 4 rings (SSSR count). The Morgan fingerprint density at radius 3 is 2.55 bits per heavy atom. The van der Waals surface area contributed by atoms with Crippen LogP contribution in [0, 0.1) is 0 Å². The average molecular weight is 288 g/mol. The fourth-order valence-corrected chi connectivity index (χ4v) is 2.70. The predicted octanol–water partition coefficient (Wildman–Crippen LogP) is 4.62. The normalized spacial score (nSPS) is 11.1. The molecule has 3 nitrogen and oxygen atoms in total. The van der Waals surface area contributed by atoms with Crippen molar-refractivity contribution in [3.8, 4) is 0 Å². The second-order valence-electron chi connectivity index (χ2n) is 5.46. The average Bonchev–Trinajstić information content (AvgIpc) is 2.96. The number of benzene rings is 3. The molecule has 108 valence electrons. The van der Waals surface area contributed by atoms with Gasteiger partial charge in [-0.05, 0) is 35.0 Å². The van der Waals surface area contributed by atoms with E-state index in [9.17, 15) is 0 Å². The third-order valence-electron chi connectivity index (χ3n) is 3.88. The summed E-state index contributed by atoms with van der Waals surface area (Å²) in [5.74, 6) is 0.733. The summed E-state index contributed by atoms with van der Waals surface area (Å²) in [5, 5.41) is 2.49. The molecule has 3 heteroatoms. The van der Waals surface area contributed by atoms with Crippen molar-refractivity contribution in [3.63, 3.8) is 0 Å². The number of fused-ring (bicyclic) bond motifs is 2. The first kappa shape index (κ1) is 12.9. The summed E-state index contributed by atoms with van der Waals surface area (Å²) in [5.41, 5.74) is 2.90. The van der Waals surface area contributed by atoms with E-state index in [0.717, 1.165) is 22.7 Å². The number of nitrogens with zero attached hydrogens (tertiary/aromatic N) is 2. The quantitative estimate of drug-likeness (QED) is 0.551. The van der Waals surface area contributed by atoms with Crippen LogP contribution in [-0.4, -0.2) is 12.0 Å². The van der Waals surface area contributed by atoms with Crippen LogP contribution in [0.3, 0.4) is 0 Å². The molecule has 0 aliphatic rings. The van der Waals surface area contributed by atoms with E-state index in [1.165, 1.54) is 10.8 Å². The molecule has 0 saturated carbocycles. The van der Waals surface area contributed by atoms with E-state index in [1.807, 2.05) is 24.3 Å². The van der Waals surface area contributed by atoms with E-state index in [-0.39, 0.29) is 0 Å². The highest BCUT2D eigenvalue weighted by atomic mass is 16.3. The standard InChI is InChI=1S/C19H16N2O/c1-21(13-19-20-17-8-4-5-9-18(17)22-19)16-11-10-14-6-2-3-7-15(14)12-16/h2-12H,13H2,1H3. The van der Waals surface area contributed by atoms with E-state index < -0.39 is 0 Å². The number of hydrogen-bond acceptors (Lipinski definition) is 3. The summed E-state index contributed by atoms with van der Waals surface area (Å²) >= 11 is 0. The van der Waals surface area contributed by atoms with Gasteiger partial charge in [0, 0.05) is 12.7 Å². The molecular weight excluding hydrogens is 272 g/mol. The van der Waals surface area contributed by atoms with Crippen LogP contribution in [0.5, 0.6) is 0 Å². The zero-order valence-corrected chi connectivity index (χ0v) is 12.4. The zero-order valence-electron chi connectivity index (χ0n) is 12.4. The molecule has 0 N–H and O–H groups in total. The predicted molar refractivity (Wildman–Crippen MR) is 90.1 cm³/mol. The third-order valence-corrected chi connectivity index (χ3v) is 3.88. The van der Waals surface area contributed by atoms with Gasteiger partial charge in [0.15, 0.2) is 5.58 Å². The van der Waals surface area contributed by atoms with Crippen molar-refractivity contribution in [2.24, 2.45) is 0 Å². The Morgan fingerprint density at radius 1 is 0.909 bits per heavy atom. The van der Waals surface area contributed by atoms with Crippen LogP contribution < -0.4 is 4.90 Å². The van der Waals surface area contributed by atoms with E-state index in [4.69, 9.17) is 4.42 Å². The molecule has 0 amide bonds. The van der Waals surface area contributed by atoms with Gasteiger partial charge >= 0.3 is 0 Å². The highest BCUT2D eigenvalue weighted by Gasteiger charge is 2.09. The Morgan fingerprint density at radius 2 is 1.68 bits per heavy atom. The third kappa shape index (κ3) is 2.31. The maximum Gasteiger partial charge on any atom is 0.215 e. The lowest BCUT2D eigenvalue weighted by Gasteiger charge is -2.17. The molecule has 0 saturated heterocycles.